The van der Waals surface area contributed by atoms with Gasteiger partial charge in [-0.05, 0) is 59.1 Å². The number of aryl methyl sites for hydroxylation is 1. The van der Waals surface area contributed by atoms with Crippen LogP contribution in [0.5, 0.6) is 5.75 Å². The minimum absolute atomic E-state index is 0.280. The molecule has 2 nitrogen and oxygen atoms in total. The summed E-state index contributed by atoms with van der Waals surface area (Å²) in [4.78, 5) is 2.33. The van der Waals surface area contributed by atoms with Gasteiger partial charge in [0.15, 0.2) is 0 Å². The van der Waals surface area contributed by atoms with Crippen molar-refractivity contribution >= 4 is 21.6 Å². The predicted octanol–water partition coefficient (Wildman–Crippen LogP) is 4.49. The van der Waals surface area contributed by atoms with E-state index in [1.165, 1.54) is 16.8 Å². The lowest BCUT2D eigenvalue weighted by Crippen LogP contribution is -2.22. The summed E-state index contributed by atoms with van der Waals surface area (Å²) in [6.07, 6.45) is 0. The van der Waals surface area contributed by atoms with E-state index in [1.807, 2.05) is 12.1 Å². The van der Waals surface area contributed by atoms with Crippen LogP contribution in [0.4, 0.5) is 5.69 Å². The molecule has 0 radical (unpaired) electrons. The Bertz CT molecular complexity index is 568. The first-order valence-corrected chi connectivity index (χ1v) is 7.19. The predicted molar refractivity (Wildman–Crippen MR) is 83.7 cm³/mol. The number of anilines is 1. The fraction of sp³-hybridized carbons (Fsp3) is 0.250. The van der Waals surface area contributed by atoms with E-state index in [9.17, 15) is 5.11 Å². The van der Waals surface area contributed by atoms with E-state index in [4.69, 9.17) is 0 Å². The first kappa shape index (κ1) is 13.9. The second-order valence-corrected chi connectivity index (χ2v) is 5.44. The molecule has 0 aliphatic heterocycles. The molecule has 0 bridgehead atoms. The molecule has 0 saturated heterocycles. The number of para-hydroxylation sites is 1. The zero-order valence-corrected chi connectivity index (χ0v) is 12.8. The highest BCUT2D eigenvalue weighted by Gasteiger charge is 2.08. The quantitative estimate of drug-likeness (QED) is 0.897. The summed E-state index contributed by atoms with van der Waals surface area (Å²) in [6, 6.07) is 14.1. The van der Waals surface area contributed by atoms with Gasteiger partial charge in [-0.1, -0.05) is 24.3 Å². The molecule has 3 heteroatoms. The molecule has 0 amide bonds. The van der Waals surface area contributed by atoms with E-state index in [0.29, 0.717) is 0 Å². The normalized spacial score (nSPS) is 10.5. The van der Waals surface area contributed by atoms with Gasteiger partial charge in [0.25, 0.3) is 0 Å². The van der Waals surface area contributed by atoms with Crippen molar-refractivity contribution < 1.29 is 5.11 Å². The van der Waals surface area contributed by atoms with Gasteiger partial charge in [-0.3, -0.25) is 0 Å². The second-order valence-electron chi connectivity index (χ2n) is 4.59. The summed E-state index contributed by atoms with van der Waals surface area (Å²) in [6.45, 7) is 6.07. The maximum Gasteiger partial charge on any atom is 0.129 e. The highest BCUT2D eigenvalue weighted by molar-refractivity contribution is 9.10. The molecule has 0 aromatic heterocycles. The van der Waals surface area contributed by atoms with Crippen molar-refractivity contribution in [1.82, 2.24) is 0 Å². The summed E-state index contributed by atoms with van der Waals surface area (Å²) in [5.74, 6) is 0.280. The molecule has 0 atom stereocenters. The van der Waals surface area contributed by atoms with E-state index in [1.54, 1.807) is 6.07 Å². The topological polar surface area (TPSA) is 23.5 Å². The number of nitrogens with zero attached hydrogens (tertiary/aromatic N) is 1. The third-order valence-electron chi connectivity index (χ3n) is 3.22. The average Bonchev–Trinajstić information content (AvgIpc) is 2.41. The molecule has 0 saturated carbocycles. The Kier molecular flexibility index (Phi) is 4.48. The van der Waals surface area contributed by atoms with Crippen molar-refractivity contribution in [3.63, 3.8) is 0 Å². The molecule has 100 valence electrons. The Balaban J connectivity index is 2.24. The van der Waals surface area contributed by atoms with Gasteiger partial charge in [-0.15, -0.1) is 0 Å². The van der Waals surface area contributed by atoms with Crippen LogP contribution in [0, 0.1) is 6.92 Å². The van der Waals surface area contributed by atoms with Crippen LogP contribution in [0.25, 0.3) is 0 Å². The van der Waals surface area contributed by atoms with Crippen molar-refractivity contribution in [2.75, 3.05) is 11.4 Å². The van der Waals surface area contributed by atoms with Crippen LogP contribution in [0.2, 0.25) is 0 Å². The molecule has 19 heavy (non-hydrogen) atoms. The lowest BCUT2D eigenvalue weighted by atomic mass is 10.1. The van der Waals surface area contributed by atoms with Crippen molar-refractivity contribution in [3.8, 4) is 5.75 Å². The van der Waals surface area contributed by atoms with Gasteiger partial charge in [0.2, 0.25) is 0 Å². The largest absolute Gasteiger partial charge is 0.507 e. The van der Waals surface area contributed by atoms with Crippen molar-refractivity contribution in [2.45, 2.75) is 20.4 Å². The summed E-state index contributed by atoms with van der Waals surface area (Å²) < 4.78 is 0.742. The number of benzene rings is 2. The minimum Gasteiger partial charge on any atom is -0.507 e. The van der Waals surface area contributed by atoms with Crippen LogP contribution in [0.15, 0.2) is 46.9 Å². The number of aromatic hydroxyl groups is 1. The maximum absolute atomic E-state index is 9.54. The van der Waals surface area contributed by atoms with E-state index in [2.05, 4.69) is 58.9 Å². The Morgan fingerprint density at radius 3 is 2.53 bits per heavy atom. The molecule has 0 aliphatic rings. The molecule has 0 fully saturated rings. The Labute approximate surface area is 122 Å². The van der Waals surface area contributed by atoms with E-state index in [-0.39, 0.29) is 5.75 Å². The summed E-state index contributed by atoms with van der Waals surface area (Å²) >= 11 is 3.36. The molecule has 1 N–H and O–H groups in total. The van der Waals surface area contributed by atoms with Crippen LogP contribution in [0.1, 0.15) is 18.1 Å². The van der Waals surface area contributed by atoms with Gasteiger partial charge in [-0.2, -0.15) is 0 Å². The van der Waals surface area contributed by atoms with Gasteiger partial charge >= 0.3 is 0 Å². The van der Waals surface area contributed by atoms with E-state index in [0.717, 1.165) is 17.6 Å². The molecule has 0 spiro atoms. The molecular formula is C16H18BrNO. The first-order chi connectivity index (χ1) is 9.11. The Hall–Kier alpha value is -1.48. The van der Waals surface area contributed by atoms with Gasteiger partial charge in [-0.25, -0.2) is 0 Å². The zero-order valence-electron chi connectivity index (χ0n) is 11.2. The van der Waals surface area contributed by atoms with E-state index < -0.39 is 0 Å². The fourth-order valence-corrected chi connectivity index (χ4v) is 2.58. The molecule has 2 aromatic carbocycles. The number of hydrogen-bond donors (Lipinski definition) is 1. The Morgan fingerprint density at radius 2 is 1.89 bits per heavy atom. The van der Waals surface area contributed by atoms with Crippen molar-refractivity contribution in [3.05, 3.63) is 58.1 Å². The second kappa shape index (κ2) is 6.11. The standard InChI is InChI=1S/C16H18BrNO/c1-3-18(15-7-5-4-6-12(15)2)11-13-8-9-16(19)14(17)10-13/h4-10,19H,3,11H2,1-2H3. The molecule has 0 unspecified atom stereocenters. The molecule has 0 heterocycles. The van der Waals surface area contributed by atoms with Gasteiger partial charge in [0.05, 0.1) is 4.47 Å². The van der Waals surface area contributed by atoms with Crippen molar-refractivity contribution in [1.29, 1.82) is 0 Å². The van der Waals surface area contributed by atoms with Gasteiger partial charge < -0.3 is 10.0 Å². The van der Waals surface area contributed by atoms with Crippen LogP contribution in [0.3, 0.4) is 0 Å². The summed E-state index contributed by atoms with van der Waals surface area (Å²) in [7, 11) is 0. The molecule has 0 aliphatic carbocycles. The van der Waals surface area contributed by atoms with Crippen LogP contribution in [-0.2, 0) is 6.54 Å². The van der Waals surface area contributed by atoms with Crippen LogP contribution in [-0.4, -0.2) is 11.7 Å². The highest BCUT2D eigenvalue weighted by Crippen LogP contribution is 2.26. The number of phenolic OH excluding ortho intramolecular Hbond substituents is 1. The maximum atomic E-state index is 9.54. The van der Waals surface area contributed by atoms with Crippen LogP contribution >= 0.6 is 15.9 Å². The van der Waals surface area contributed by atoms with E-state index >= 15 is 0 Å². The monoisotopic (exact) mass is 319 g/mol. The Morgan fingerprint density at radius 1 is 1.16 bits per heavy atom. The third kappa shape index (κ3) is 3.29. The zero-order chi connectivity index (χ0) is 13.8. The lowest BCUT2D eigenvalue weighted by molar-refractivity contribution is 0.471. The van der Waals surface area contributed by atoms with Gasteiger partial charge in [0, 0.05) is 18.8 Å². The fourth-order valence-electron chi connectivity index (χ4n) is 2.15. The minimum atomic E-state index is 0.280. The lowest BCUT2D eigenvalue weighted by Gasteiger charge is -2.25. The smallest absolute Gasteiger partial charge is 0.129 e. The van der Waals surface area contributed by atoms with Crippen LogP contribution < -0.4 is 4.90 Å². The SMILES string of the molecule is CCN(Cc1ccc(O)c(Br)c1)c1ccccc1C. The molecule has 2 aromatic rings. The number of rotatable bonds is 4. The number of phenols is 1. The molecular weight excluding hydrogens is 302 g/mol. The highest BCUT2D eigenvalue weighted by atomic mass is 79.9. The summed E-state index contributed by atoms with van der Waals surface area (Å²) in [5.41, 5.74) is 3.71. The van der Waals surface area contributed by atoms with Gasteiger partial charge in [0.1, 0.15) is 5.75 Å². The summed E-state index contributed by atoms with van der Waals surface area (Å²) in [5, 5.41) is 9.54. The number of hydrogen-bond acceptors (Lipinski definition) is 2. The molecule has 2 rings (SSSR count). The number of halogens is 1. The third-order valence-corrected chi connectivity index (χ3v) is 3.86. The van der Waals surface area contributed by atoms with Crippen molar-refractivity contribution in [2.24, 2.45) is 0 Å². The first-order valence-electron chi connectivity index (χ1n) is 6.39. The average molecular weight is 320 g/mol.